The number of carbonyl (C=O) groups is 1. The number of hydrogen-bond acceptors (Lipinski definition) is 3. The summed E-state index contributed by atoms with van der Waals surface area (Å²) >= 11 is 1.25. The zero-order valence-electron chi connectivity index (χ0n) is 14.0. The van der Waals surface area contributed by atoms with Gasteiger partial charge in [0, 0.05) is 10.9 Å². The lowest BCUT2D eigenvalue weighted by molar-refractivity contribution is -0.121. The number of hydrogen-bond donors (Lipinski definition) is 2. The number of nitrogens with one attached hydrogen (secondary N) is 1. The van der Waals surface area contributed by atoms with Crippen LogP contribution in [0.25, 0.3) is 0 Å². The van der Waals surface area contributed by atoms with E-state index in [1.54, 1.807) is 18.2 Å². The molecule has 3 unspecified atom stereocenters. The van der Waals surface area contributed by atoms with Gasteiger partial charge in [0.2, 0.25) is 5.91 Å². The molecule has 0 saturated heterocycles. The molecule has 0 bridgehead atoms. The molecule has 0 aliphatic heterocycles. The predicted octanol–water partition coefficient (Wildman–Crippen LogP) is 3.90. The van der Waals surface area contributed by atoms with Gasteiger partial charge in [0.05, 0.1) is 0 Å². The van der Waals surface area contributed by atoms with Crippen LogP contribution in [-0.4, -0.2) is 18.5 Å². The Labute approximate surface area is 152 Å². The number of nitrogens with two attached hydrogens (primary N) is 1. The van der Waals surface area contributed by atoms with Gasteiger partial charge < -0.3 is 11.1 Å². The Bertz CT molecular complexity index is 710. The Morgan fingerprint density at radius 3 is 2.60 bits per heavy atom. The SMILES string of the molecule is NCC1CCCC1NC(=O)C(Sc1ccccc1F)c1ccccc1. The molecule has 3 nitrogen and oxygen atoms in total. The fraction of sp³-hybridized carbons (Fsp3) is 0.350. The molecule has 2 aromatic rings. The monoisotopic (exact) mass is 358 g/mol. The van der Waals surface area contributed by atoms with Gasteiger partial charge in [0.1, 0.15) is 11.1 Å². The highest BCUT2D eigenvalue weighted by Gasteiger charge is 2.31. The van der Waals surface area contributed by atoms with Crippen LogP contribution in [-0.2, 0) is 4.79 Å². The van der Waals surface area contributed by atoms with Crippen LogP contribution in [0.1, 0.15) is 30.1 Å². The number of rotatable bonds is 6. The summed E-state index contributed by atoms with van der Waals surface area (Å²) in [5.41, 5.74) is 6.70. The van der Waals surface area contributed by atoms with Crippen molar-refractivity contribution < 1.29 is 9.18 Å². The molecule has 0 spiro atoms. The Kier molecular flexibility index (Phi) is 6.10. The van der Waals surface area contributed by atoms with Crippen molar-refractivity contribution in [2.24, 2.45) is 11.7 Å². The molecule has 1 amide bonds. The summed E-state index contributed by atoms with van der Waals surface area (Å²) in [5.74, 6) is -0.0504. The highest BCUT2D eigenvalue weighted by molar-refractivity contribution is 8.00. The Morgan fingerprint density at radius 1 is 1.16 bits per heavy atom. The van der Waals surface area contributed by atoms with Gasteiger partial charge >= 0.3 is 0 Å². The van der Waals surface area contributed by atoms with E-state index in [4.69, 9.17) is 5.73 Å². The van der Waals surface area contributed by atoms with E-state index in [-0.39, 0.29) is 17.8 Å². The van der Waals surface area contributed by atoms with Crippen molar-refractivity contribution in [2.45, 2.75) is 35.4 Å². The van der Waals surface area contributed by atoms with Crippen molar-refractivity contribution >= 4 is 17.7 Å². The highest BCUT2D eigenvalue weighted by Crippen LogP contribution is 2.37. The molecule has 132 valence electrons. The van der Waals surface area contributed by atoms with Crippen LogP contribution in [0.5, 0.6) is 0 Å². The molecule has 3 N–H and O–H groups in total. The first kappa shape index (κ1) is 18.0. The minimum atomic E-state index is -0.489. The number of carbonyl (C=O) groups excluding carboxylic acids is 1. The lowest BCUT2D eigenvalue weighted by atomic mass is 10.0. The van der Waals surface area contributed by atoms with Crippen LogP contribution in [0.15, 0.2) is 59.5 Å². The van der Waals surface area contributed by atoms with Gasteiger partial charge in [-0.1, -0.05) is 48.9 Å². The average Bonchev–Trinajstić information content (AvgIpc) is 3.08. The topological polar surface area (TPSA) is 55.1 Å². The standard InChI is InChI=1S/C20H23FN2OS/c21-16-10-4-5-12-18(16)25-19(14-7-2-1-3-8-14)20(24)23-17-11-6-9-15(17)13-22/h1-5,7-8,10,12,15,17,19H,6,9,11,13,22H2,(H,23,24). The van der Waals surface area contributed by atoms with Crippen LogP contribution in [0.2, 0.25) is 0 Å². The molecular formula is C20H23FN2OS. The Balaban J connectivity index is 1.81. The van der Waals surface area contributed by atoms with Crippen LogP contribution >= 0.6 is 11.8 Å². The third-order valence-corrected chi connectivity index (χ3v) is 6.02. The van der Waals surface area contributed by atoms with Gasteiger partial charge in [-0.3, -0.25) is 4.79 Å². The largest absolute Gasteiger partial charge is 0.352 e. The second kappa shape index (κ2) is 8.50. The minimum absolute atomic E-state index is 0.0789. The zero-order chi connectivity index (χ0) is 17.6. The summed E-state index contributed by atoms with van der Waals surface area (Å²) in [4.78, 5) is 13.5. The molecule has 2 aromatic carbocycles. The van der Waals surface area contributed by atoms with Gasteiger partial charge in [-0.25, -0.2) is 4.39 Å². The molecule has 1 fully saturated rings. The molecule has 25 heavy (non-hydrogen) atoms. The van der Waals surface area contributed by atoms with E-state index in [2.05, 4.69) is 5.32 Å². The smallest absolute Gasteiger partial charge is 0.238 e. The molecule has 3 rings (SSSR count). The second-order valence-electron chi connectivity index (χ2n) is 6.38. The van der Waals surface area contributed by atoms with Gasteiger partial charge in [-0.2, -0.15) is 0 Å². The molecule has 1 saturated carbocycles. The lowest BCUT2D eigenvalue weighted by Gasteiger charge is -2.23. The zero-order valence-corrected chi connectivity index (χ0v) is 14.8. The van der Waals surface area contributed by atoms with E-state index < -0.39 is 5.25 Å². The van der Waals surface area contributed by atoms with E-state index in [1.807, 2.05) is 30.3 Å². The number of benzene rings is 2. The predicted molar refractivity (Wildman–Crippen MR) is 99.8 cm³/mol. The van der Waals surface area contributed by atoms with E-state index in [9.17, 15) is 9.18 Å². The molecule has 0 aromatic heterocycles. The van der Waals surface area contributed by atoms with Crippen LogP contribution in [0, 0.1) is 11.7 Å². The highest BCUT2D eigenvalue weighted by atomic mass is 32.2. The van der Waals surface area contributed by atoms with Gasteiger partial charge in [0.25, 0.3) is 0 Å². The van der Waals surface area contributed by atoms with Crippen molar-refractivity contribution in [1.29, 1.82) is 0 Å². The van der Waals surface area contributed by atoms with E-state index >= 15 is 0 Å². The van der Waals surface area contributed by atoms with E-state index in [0.29, 0.717) is 17.4 Å². The normalized spacial score (nSPS) is 21.0. The Morgan fingerprint density at radius 2 is 1.88 bits per heavy atom. The molecule has 0 heterocycles. The molecule has 1 aliphatic rings. The van der Waals surface area contributed by atoms with Crippen molar-refractivity contribution in [2.75, 3.05) is 6.54 Å². The summed E-state index contributed by atoms with van der Waals surface area (Å²) in [6.45, 7) is 0.585. The minimum Gasteiger partial charge on any atom is -0.352 e. The number of halogens is 1. The molecule has 3 atom stereocenters. The van der Waals surface area contributed by atoms with Crippen LogP contribution < -0.4 is 11.1 Å². The summed E-state index contributed by atoms with van der Waals surface area (Å²) in [6.07, 6.45) is 3.10. The van der Waals surface area contributed by atoms with Crippen LogP contribution in [0.4, 0.5) is 4.39 Å². The molecular weight excluding hydrogens is 335 g/mol. The number of thioether (sulfide) groups is 1. The molecule has 5 heteroatoms. The van der Waals surface area contributed by atoms with Crippen molar-refractivity contribution in [3.8, 4) is 0 Å². The third-order valence-electron chi connectivity index (χ3n) is 4.71. The lowest BCUT2D eigenvalue weighted by Crippen LogP contribution is -2.41. The second-order valence-corrected chi connectivity index (χ2v) is 7.53. The maximum absolute atomic E-state index is 14.1. The summed E-state index contributed by atoms with van der Waals surface area (Å²) in [5, 5.41) is 2.67. The van der Waals surface area contributed by atoms with Gasteiger partial charge in [0.15, 0.2) is 0 Å². The fourth-order valence-electron chi connectivity index (χ4n) is 3.34. The van der Waals surface area contributed by atoms with Crippen molar-refractivity contribution in [1.82, 2.24) is 5.32 Å². The van der Waals surface area contributed by atoms with Crippen molar-refractivity contribution in [3.05, 3.63) is 66.0 Å². The van der Waals surface area contributed by atoms with Gasteiger partial charge in [-0.15, -0.1) is 11.8 Å². The third kappa shape index (κ3) is 4.41. The summed E-state index contributed by atoms with van der Waals surface area (Å²) in [7, 11) is 0. The molecule has 1 aliphatic carbocycles. The van der Waals surface area contributed by atoms with E-state index in [1.165, 1.54) is 17.8 Å². The maximum atomic E-state index is 14.1. The van der Waals surface area contributed by atoms with Gasteiger partial charge in [-0.05, 0) is 43.0 Å². The number of amides is 1. The first-order chi connectivity index (χ1) is 12.2. The van der Waals surface area contributed by atoms with E-state index in [0.717, 1.165) is 24.8 Å². The fourth-order valence-corrected chi connectivity index (χ4v) is 4.40. The van der Waals surface area contributed by atoms with Crippen LogP contribution in [0.3, 0.4) is 0 Å². The first-order valence-corrected chi connectivity index (χ1v) is 9.53. The Hall–Kier alpha value is -1.85. The average molecular weight is 358 g/mol. The van der Waals surface area contributed by atoms with Crippen molar-refractivity contribution in [3.63, 3.8) is 0 Å². The summed E-state index contributed by atoms with van der Waals surface area (Å²) in [6, 6.07) is 16.2. The summed E-state index contributed by atoms with van der Waals surface area (Å²) < 4.78 is 14.1. The molecule has 0 radical (unpaired) electrons. The first-order valence-electron chi connectivity index (χ1n) is 8.65. The maximum Gasteiger partial charge on any atom is 0.238 e. The quantitative estimate of drug-likeness (QED) is 0.770.